The molecule has 2 heterocycles. The molecule has 0 bridgehead atoms. The predicted octanol–water partition coefficient (Wildman–Crippen LogP) is 0.331. The monoisotopic (exact) mass is 332 g/mol. The number of ether oxygens (including phenoxy) is 1. The summed E-state index contributed by atoms with van der Waals surface area (Å²) < 4.78 is 10.6. The van der Waals surface area contributed by atoms with E-state index in [0.29, 0.717) is 18.5 Å². The molecular formula is C16H19BNO6-. The maximum Gasteiger partial charge on any atom is 0.430 e. The summed E-state index contributed by atoms with van der Waals surface area (Å²) in [5, 5.41) is 28.8. The molecule has 0 aliphatic carbocycles. The molecule has 1 fully saturated rings. The molecule has 0 unspecified atom stereocenters. The third-order valence-electron chi connectivity index (χ3n) is 4.19. The maximum atomic E-state index is 11.6. The maximum absolute atomic E-state index is 11.6. The van der Waals surface area contributed by atoms with Gasteiger partial charge in [0, 0.05) is 13.1 Å². The Morgan fingerprint density at radius 3 is 2.79 bits per heavy atom. The molecule has 2 aliphatic heterocycles. The minimum atomic E-state index is -3.03. The van der Waals surface area contributed by atoms with Gasteiger partial charge in [-0.3, -0.25) is 4.90 Å². The van der Waals surface area contributed by atoms with E-state index < -0.39 is 12.7 Å². The van der Waals surface area contributed by atoms with Crippen molar-refractivity contribution in [2.45, 2.75) is 19.2 Å². The molecule has 2 aliphatic rings. The number of fused-ring (bicyclic) bond motifs is 1. The van der Waals surface area contributed by atoms with Crippen LogP contribution in [0.25, 0.3) is 0 Å². The number of benzene rings is 1. The lowest BCUT2D eigenvalue weighted by Crippen LogP contribution is -2.45. The molecule has 0 aromatic heterocycles. The lowest BCUT2D eigenvalue weighted by molar-refractivity contribution is 0.0689. The number of aromatic carboxylic acids is 1. The fourth-order valence-electron chi connectivity index (χ4n) is 2.73. The molecule has 24 heavy (non-hydrogen) atoms. The number of rotatable bonds is 4. The molecule has 0 amide bonds. The van der Waals surface area contributed by atoms with Gasteiger partial charge in [-0.05, 0) is 24.5 Å². The van der Waals surface area contributed by atoms with Crippen molar-refractivity contribution in [3.8, 4) is 23.3 Å². The Hall–Kier alpha value is -2.21. The van der Waals surface area contributed by atoms with Crippen LogP contribution in [0, 0.1) is 11.8 Å². The van der Waals surface area contributed by atoms with Crippen molar-refractivity contribution in [3.05, 3.63) is 23.3 Å². The van der Waals surface area contributed by atoms with E-state index in [1.165, 1.54) is 6.42 Å². The first kappa shape index (κ1) is 16.6. The Morgan fingerprint density at radius 1 is 1.33 bits per heavy atom. The number of aryl methyl sites for hydroxylation is 1. The fraction of sp³-hybridized carbons (Fsp3) is 0.438. The lowest BCUT2D eigenvalue weighted by Gasteiger charge is -2.37. The Labute approximate surface area is 139 Å². The molecule has 0 radical (unpaired) electrons. The molecule has 1 aromatic rings. The van der Waals surface area contributed by atoms with Crippen LogP contribution >= 0.6 is 0 Å². The van der Waals surface area contributed by atoms with Gasteiger partial charge in [0.1, 0.15) is 17.9 Å². The van der Waals surface area contributed by atoms with Crippen LogP contribution in [0.3, 0.4) is 0 Å². The highest BCUT2D eigenvalue weighted by atomic mass is 16.6. The summed E-state index contributed by atoms with van der Waals surface area (Å²) in [6.45, 7) is -0.170. The van der Waals surface area contributed by atoms with Gasteiger partial charge >= 0.3 is 12.7 Å². The van der Waals surface area contributed by atoms with Gasteiger partial charge < -0.3 is 24.5 Å². The first-order chi connectivity index (χ1) is 11.5. The largest absolute Gasteiger partial charge is 0.669 e. The number of hydrogen-bond acceptors (Lipinski definition) is 6. The van der Waals surface area contributed by atoms with Gasteiger partial charge in [-0.1, -0.05) is 24.2 Å². The SMILES string of the molecule is O=C(O)c1c(OCC#CCN2CCC2)ccc2c1O[B-](O)(O)CC2. The van der Waals surface area contributed by atoms with Gasteiger partial charge in [0.25, 0.3) is 0 Å². The van der Waals surface area contributed by atoms with Gasteiger partial charge in [0.2, 0.25) is 0 Å². The number of hydrogen-bond donors (Lipinski definition) is 3. The van der Waals surface area contributed by atoms with Crippen LogP contribution in [-0.2, 0) is 6.42 Å². The number of likely N-dealkylation sites (tertiary alicyclic amines) is 1. The summed E-state index contributed by atoms with van der Waals surface area (Å²) in [5.41, 5.74) is 0.412. The second-order valence-corrected chi connectivity index (χ2v) is 6.02. The average Bonchev–Trinajstić information content (AvgIpc) is 2.47. The van der Waals surface area contributed by atoms with Gasteiger partial charge in [-0.25, -0.2) is 4.79 Å². The van der Waals surface area contributed by atoms with Crippen LogP contribution in [0.4, 0.5) is 0 Å². The topological polar surface area (TPSA) is 99.5 Å². The molecule has 8 heteroatoms. The van der Waals surface area contributed by atoms with E-state index in [-0.39, 0.29) is 30.0 Å². The summed E-state index contributed by atoms with van der Waals surface area (Å²) in [5.74, 6) is 4.65. The lowest BCUT2D eigenvalue weighted by atomic mass is 9.70. The van der Waals surface area contributed by atoms with Crippen LogP contribution in [0.15, 0.2) is 12.1 Å². The molecule has 7 nitrogen and oxygen atoms in total. The molecule has 0 atom stereocenters. The van der Waals surface area contributed by atoms with Gasteiger partial charge in [-0.2, -0.15) is 0 Å². The summed E-state index contributed by atoms with van der Waals surface area (Å²) in [6, 6.07) is 3.23. The van der Waals surface area contributed by atoms with Crippen LogP contribution in [-0.4, -0.2) is 59.0 Å². The minimum absolute atomic E-state index is 0.0360. The van der Waals surface area contributed by atoms with Gasteiger partial charge in [-0.15, -0.1) is 0 Å². The molecule has 1 aromatic carbocycles. The molecule has 0 saturated carbocycles. The van der Waals surface area contributed by atoms with Crippen molar-refractivity contribution >= 4 is 12.7 Å². The Balaban J connectivity index is 1.74. The van der Waals surface area contributed by atoms with Crippen molar-refractivity contribution in [1.29, 1.82) is 0 Å². The number of carbonyl (C=O) groups is 1. The summed E-state index contributed by atoms with van der Waals surface area (Å²) in [6.07, 6.45) is 1.57. The van der Waals surface area contributed by atoms with E-state index in [1.807, 2.05) is 0 Å². The quantitative estimate of drug-likeness (QED) is 0.540. The van der Waals surface area contributed by atoms with Crippen LogP contribution in [0.5, 0.6) is 11.5 Å². The summed E-state index contributed by atoms with van der Waals surface area (Å²) in [4.78, 5) is 13.8. The van der Waals surface area contributed by atoms with Crippen LogP contribution < -0.4 is 9.39 Å². The predicted molar refractivity (Wildman–Crippen MR) is 87.1 cm³/mol. The van der Waals surface area contributed by atoms with E-state index in [4.69, 9.17) is 9.39 Å². The third kappa shape index (κ3) is 3.65. The zero-order valence-corrected chi connectivity index (χ0v) is 13.2. The van der Waals surface area contributed by atoms with E-state index >= 15 is 0 Å². The van der Waals surface area contributed by atoms with Crippen molar-refractivity contribution in [1.82, 2.24) is 4.90 Å². The Bertz CT molecular complexity index is 704. The van der Waals surface area contributed by atoms with Crippen molar-refractivity contribution in [2.24, 2.45) is 0 Å². The van der Waals surface area contributed by atoms with Crippen molar-refractivity contribution in [3.63, 3.8) is 0 Å². The normalized spacial score (nSPS) is 18.4. The van der Waals surface area contributed by atoms with E-state index in [9.17, 15) is 19.9 Å². The van der Waals surface area contributed by atoms with Crippen LogP contribution in [0.1, 0.15) is 22.3 Å². The molecule has 3 rings (SSSR count). The summed E-state index contributed by atoms with van der Waals surface area (Å²) in [7, 11) is 0. The smallest absolute Gasteiger partial charge is 0.430 e. The van der Waals surface area contributed by atoms with Crippen molar-refractivity contribution < 1.29 is 29.3 Å². The minimum Gasteiger partial charge on any atom is -0.669 e. The highest BCUT2D eigenvalue weighted by Crippen LogP contribution is 2.38. The number of carboxylic acids is 1. The molecule has 128 valence electrons. The van der Waals surface area contributed by atoms with E-state index in [0.717, 1.165) is 13.1 Å². The summed E-state index contributed by atoms with van der Waals surface area (Å²) >= 11 is 0. The molecular weight excluding hydrogens is 313 g/mol. The first-order valence-electron chi connectivity index (χ1n) is 7.96. The van der Waals surface area contributed by atoms with E-state index in [1.54, 1.807) is 12.1 Å². The molecule has 1 saturated heterocycles. The molecule has 0 spiro atoms. The fourth-order valence-corrected chi connectivity index (χ4v) is 2.73. The van der Waals surface area contributed by atoms with Crippen LogP contribution in [0.2, 0.25) is 6.32 Å². The second kappa shape index (κ2) is 6.73. The third-order valence-corrected chi connectivity index (χ3v) is 4.19. The van der Waals surface area contributed by atoms with Gasteiger partial charge in [0.15, 0.2) is 0 Å². The second-order valence-electron chi connectivity index (χ2n) is 6.02. The van der Waals surface area contributed by atoms with Gasteiger partial charge in [0.05, 0.1) is 12.3 Å². The first-order valence-corrected chi connectivity index (χ1v) is 7.96. The van der Waals surface area contributed by atoms with E-state index in [2.05, 4.69) is 16.7 Å². The zero-order valence-electron chi connectivity index (χ0n) is 13.2. The number of carboxylic acid groups (broad SMARTS) is 1. The molecule has 3 N–H and O–H groups in total. The Kier molecular flexibility index (Phi) is 4.67. The number of nitrogens with zero attached hydrogens (tertiary/aromatic N) is 1. The zero-order chi connectivity index (χ0) is 17.2. The van der Waals surface area contributed by atoms with Crippen molar-refractivity contribution in [2.75, 3.05) is 26.2 Å². The highest BCUT2D eigenvalue weighted by molar-refractivity contribution is 6.59. The standard InChI is InChI=1S/C16H19BNO6/c19-16(20)14-13(23-11-2-1-8-18-9-3-10-18)5-4-12-6-7-17(21,22)24-15(12)14/h4-5,21-22H,3,6-11H2,(H,19,20)/q-1. The average molecular weight is 332 g/mol. The highest BCUT2D eigenvalue weighted by Gasteiger charge is 2.32. The Morgan fingerprint density at radius 2 is 2.12 bits per heavy atom.